The zero-order valence-electron chi connectivity index (χ0n) is 9.00. The van der Waals surface area contributed by atoms with Crippen LogP contribution < -0.4 is 4.90 Å². The molecule has 78 valence electrons. The smallest absolute Gasteiger partial charge is 0.0561 e. The third-order valence-corrected chi connectivity index (χ3v) is 2.61. The van der Waals surface area contributed by atoms with Gasteiger partial charge in [0.2, 0.25) is 0 Å². The van der Waals surface area contributed by atoms with E-state index in [0.717, 1.165) is 16.9 Å². The van der Waals surface area contributed by atoms with Crippen molar-refractivity contribution in [2.45, 2.75) is 20.3 Å². The highest BCUT2D eigenvalue weighted by atomic mass is 79.9. The third-order valence-electron chi connectivity index (χ3n) is 2.17. The van der Waals surface area contributed by atoms with E-state index in [4.69, 9.17) is 0 Å². The summed E-state index contributed by atoms with van der Waals surface area (Å²) >= 11 is 3.42. The van der Waals surface area contributed by atoms with Crippen molar-refractivity contribution in [2.24, 2.45) is 5.92 Å². The van der Waals surface area contributed by atoms with Gasteiger partial charge in [-0.05, 0) is 34.3 Å². The quantitative estimate of drug-likeness (QED) is 0.822. The standard InChI is InChI=1S/C11H17BrN2/c1-9(2)4-5-14(3)11-6-10(12)7-13-8-11/h6-9H,4-5H2,1-3H3. The summed E-state index contributed by atoms with van der Waals surface area (Å²) in [7, 11) is 2.10. The second-order valence-corrected chi connectivity index (χ2v) is 4.88. The fourth-order valence-electron chi connectivity index (χ4n) is 1.19. The molecule has 0 atom stereocenters. The average molecular weight is 257 g/mol. The molecule has 0 N–H and O–H groups in total. The van der Waals surface area contributed by atoms with E-state index >= 15 is 0 Å². The number of aromatic nitrogens is 1. The van der Waals surface area contributed by atoms with Crippen LogP contribution in [0.1, 0.15) is 20.3 Å². The van der Waals surface area contributed by atoms with Gasteiger partial charge in [0.25, 0.3) is 0 Å². The molecule has 1 heterocycles. The number of halogens is 1. The van der Waals surface area contributed by atoms with Crippen LogP contribution in [0.15, 0.2) is 22.9 Å². The largest absolute Gasteiger partial charge is 0.373 e. The number of hydrogen-bond donors (Lipinski definition) is 0. The molecule has 0 radical (unpaired) electrons. The second-order valence-electron chi connectivity index (χ2n) is 3.97. The molecule has 0 aliphatic rings. The number of anilines is 1. The Morgan fingerprint density at radius 2 is 2.14 bits per heavy atom. The molecular weight excluding hydrogens is 240 g/mol. The average Bonchev–Trinajstić information content (AvgIpc) is 2.14. The van der Waals surface area contributed by atoms with Gasteiger partial charge in [0, 0.05) is 24.3 Å². The van der Waals surface area contributed by atoms with Crippen LogP contribution in [-0.4, -0.2) is 18.6 Å². The Morgan fingerprint density at radius 3 is 2.71 bits per heavy atom. The lowest BCUT2D eigenvalue weighted by molar-refractivity contribution is 0.585. The van der Waals surface area contributed by atoms with Crippen molar-refractivity contribution >= 4 is 21.6 Å². The maximum Gasteiger partial charge on any atom is 0.0561 e. The van der Waals surface area contributed by atoms with E-state index in [2.05, 4.69) is 52.8 Å². The third kappa shape index (κ3) is 3.66. The fraction of sp³-hybridized carbons (Fsp3) is 0.545. The number of pyridine rings is 1. The van der Waals surface area contributed by atoms with E-state index in [9.17, 15) is 0 Å². The van der Waals surface area contributed by atoms with E-state index < -0.39 is 0 Å². The van der Waals surface area contributed by atoms with Crippen molar-refractivity contribution in [3.8, 4) is 0 Å². The number of hydrogen-bond acceptors (Lipinski definition) is 2. The molecule has 0 bridgehead atoms. The molecule has 1 aromatic rings. The van der Waals surface area contributed by atoms with Gasteiger partial charge in [0.15, 0.2) is 0 Å². The van der Waals surface area contributed by atoms with E-state index in [1.807, 2.05) is 6.20 Å². The van der Waals surface area contributed by atoms with Gasteiger partial charge in [-0.25, -0.2) is 0 Å². The molecule has 0 fully saturated rings. The first-order valence-corrected chi connectivity index (χ1v) is 5.70. The highest BCUT2D eigenvalue weighted by molar-refractivity contribution is 9.10. The maximum atomic E-state index is 4.14. The molecule has 2 nitrogen and oxygen atoms in total. The van der Waals surface area contributed by atoms with E-state index in [1.165, 1.54) is 12.1 Å². The minimum atomic E-state index is 0.748. The molecule has 0 saturated carbocycles. The number of nitrogens with zero attached hydrogens (tertiary/aromatic N) is 2. The lowest BCUT2D eigenvalue weighted by Gasteiger charge is -2.19. The van der Waals surface area contributed by atoms with Crippen LogP contribution in [-0.2, 0) is 0 Å². The van der Waals surface area contributed by atoms with Gasteiger partial charge in [-0.2, -0.15) is 0 Å². The minimum absolute atomic E-state index is 0.748. The topological polar surface area (TPSA) is 16.1 Å². The Labute approximate surface area is 94.5 Å². The zero-order chi connectivity index (χ0) is 10.6. The first kappa shape index (κ1) is 11.5. The highest BCUT2D eigenvalue weighted by Gasteiger charge is 2.02. The van der Waals surface area contributed by atoms with Gasteiger partial charge in [-0.15, -0.1) is 0 Å². The molecule has 3 heteroatoms. The highest BCUT2D eigenvalue weighted by Crippen LogP contribution is 2.17. The summed E-state index contributed by atoms with van der Waals surface area (Å²) in [6.07, 6.45) is 4.91. The van der Waals surface area contributed by atoms with Crippen LogP contribution in [0.4, 0.5) is 5.69 Å². The molecule has 1 aromatic heterocycles. The Hall–Kier alpha value is -0.570. The van der Waals surface area contributed by atoms with Crippen LogP contribution in [0.25, 0.3) is 0 Å². The minimum Gasteiger partial charge on any atom is -0.373 e. The molecule has 0 unspecified atom stereocenters. The Kier molecular flexibility index (Phi) is 4.39. The molecule has 0 saturated heterocycles. The number of rotatable bonds is 4. The first-order chi connectivity index (χ1) is 6.59. The van der Waals surface area contributed by atoms with E-state index in [0.29, 0.717) is 0 Å². The van der Waals surface area contributed by atoms with E-state index in [1.54, 1.807) is 6.20 Å². The second kappa shape index (κ2) is 5.35. The molecule has 1 rings (SSSR count). The van der Waals surface area contributed by atoms with Gasteiger partial charge in [-0.1, -0.05) is 13.8 Å². The summed E-state index contributed by atoms with van der Waals surface area (Å²) in [6, 6.07) is 2.09. The zero-order valence-corrected chi connectivity index (χ0v) is 10.6. The Morgan fingerprint density at radius 1 is 1.43 bits per heavy atom. The molecule has 0 aliphatic carbocycles. The van der Waals surface area contributed by atoms with Crippen LogP contribution in [0.2, 0.25) is 0 Å². The SMILES string of the molecule is CC(C)CCN(C)c1cncc(Br)c1. The maximum absolute atomic E-state index is 4.14. The van der Waals surface area contributed by atoms with Crippen molar-refractivity contribution in [2.75, 3.05) is 18.5 Å². The Balaban J connectivity index is 2.56. The molecule has 0 aliphatic heterocycles. The van der Waals surface area contributed by atoms with Gasteiger partial charge < -0.3 is 4.90 Å². The molecule has 0 aromatic carbocycles. The van der Waals surface area contributed by atoms with Crippen LogP contribution in [0, 0.1) is 5.92 Å². The molecule has 0 amide bonds. The monoisotopic (exact) mass is 256 g/mol. The summed E-state index contributed by atoms with van der Waals surface area (Å²) in [5.41, 5.74) is 1.17. The fourth-order valence-corrected chi connectivity index (χ4v) is 1.54. The molecule has 0 spiro atoms. The van der Waals surface area contributed by atoms with Crippen molar-refractivity contribution < 1.29 is 0 Å². The van der Waals surface area contributed by atoms with Crippen molar-refractivity contribution in [3.05, 3.63) is 22.9 Å². The van der Waals surface area contributed by atoms with Gasteiger partial charge in [-0.3, -0.25) is 4.98 Å². The Bertz CT molecular complexity index is 286. The molecule has 14 heavy (non-hydrogen) atoms. The summed E-state index contributed by atoms with van der Waals surface area (Å²) in [4.78, 5) is 6.38. The predicted octanol–water partition coefficient (Wildman–Crippen LogP) is 3.33. The van der Waals surface area contributed by atoms with Gasteiger partial charge in [0.1, 0.15) is 0 Å². The van der Waals surface area contributed by atoms with Crippen LogP contribution in [0.3, 0.4) is 0 Å². The summed E-state index contributed by atoms with van der Waals surface area (Å²) in [5, 5.41) is 0. The van der Waals surface area contributed by atoms with Crippen LogP contribution in [0.5, 0.6) is 0 Å². The van der Waals surface area contributed by atoms with Gasteiger partial charge >= 0.3 is 0 Å². The summed E-state index contributed by atoms with van der Waals surface area (Å²) < 4.78 is 1.03. The lowest BCUT2D eigenvalue weighted by atomic mass is 10.1. The van der Waals surface area contributed by atoms with Crippen molar-refractivity contribution in [1.82, 2.24) is 4.98 Å². The summed E-state index contributed by atoms with van der Waals surface area (Å²) in [5.74, 6) is 0.748. The lowest BCUT2D eigenvalue weighted by Crippen LogP contribution is -2.19. The van der Waals surface area contributed by atoms with Crippen LogP contribution >= 0.6 is 15.9 Å². The van der Waals surface area contributed by atoms with Crippen molar-refractivity contribution in [1.29, 1.82) is 0 Å². The predicted molar refractivity (Wildman–Crippen MR) is 64.7 cm³/mol. The normalized spacial score (nSPS) is 10.6. The van der Waals surface area contributed by atoms with Gasteiger partial charge in [0.05, 0.1) is 11.9 Å². The van der Waals surface area contributed by atoms with E-state index in [-0.39, 0.29) is 0 Å². The molecular formula is C11H17BrN2. The first-order valence-electron chi connectivity index (χ1n) is 4.91. The van der Waals surface area contributed by atoms with Crippen molar-refractivity contribution in [3.63, 3.8) is 0 Å². The summed E-state index contributed by atoms with van der Waals surface area (Å²) in [6.45, 7) is 5.57.